The van der Waals surface area contributed by atoms with Gasteiger partial charge < -0.3 is 10.4 Å². The van der Waals surface area contributed by atoms with Gasteiger partial charge in [0.05, 0.1) is 22.6 Å². The Balaban J connectivity index is 2.28. The number of rotatable bonds is 5. The molecule has 0 aliphatic carbocycles. The first kappa shape index (κ1) is 17.9. The second-order valence-corrected chi connectivity index (χ2v) is 6.09. The third-order valence-electron chi connectivity index (χ3n) is 3.04. The van der Waals surface area contributed by atoms with E-state index in [4.69, 9.17) is 11.6 Å². The van der Waals surface area contributed by atoms with Crippen LogP contribution in [0.1, 0.15) is 15.9 Å². The number of nitro benzene ring substituents is 1. The lowest BCUT2D eigenvalue weighted by Crippen LogP contribution is -2.17. The van der Waals surface area contributed by atoms with Crippen molar-refractivity contribution in [3.05, 3.63) is 67.1 Å². The van der Waals surface area contributed by atoms with Gasteiger partial charge in [-0.05, 0) is 23.8 Å². The molecule has 0 unspecified atom stereocenters. The highest BCUT2D eigenvalue weighted by atomic mass is 79.9. The number of anilines is 1. The van der Waals surface area contributed by atoms with Crippen LogP contribution in [-0.4, -0.2) is 21.9 Å². The van der Waals surface area contributed by atoms with Crippen LogP contribution in [0.5, 0.6) is 0 Å². The fraction of sp³-hybridized carbons (Fsp3) is 0.0667. The van der Waals surface area contributed by atoms with Crippen molar-refractivity contribution >= 4 is 50.8 Å². The predicted octanol–water partition coefficient (Wildman–Crippen LogP) is 3.89. The Morgan fingerprint density at radius 3 is 2.58 bits per heavy atom. The quantitative estimate of drug-likeness (QED) is 0.571. The minimum absolute atomic E-state index is 0.00705. The molecule has 0 bridgehead atoms. The average molecular weight is 414 g/mol. The number of amides is 1. The molecule has 0 aromatic heterocycles. The number of hydrogen-bond donors (Lipinski definition) is 2. The first-order chi connectivity index (χ1) is 11.3. The Morgan fingerprint density at radius 1 is 1.29 bits per heavy atom. The summed E-state index contributed by atoms with van der Waals surface area (Å²) in [5, 5.41) is 22.2. The lowest BCUT2D eigenvalue weighted by atomic mass is 10.1. The van der Waals surface area contributed by atoms with Crippen molar-refractivity contribution in [3.8, 4) is 0 Å². The lowest BCUT2D eigenvalue weighted by molar-refractivity contribution is -0.384. The molecule has 124 valence electrons. The monoisotopic (exact) mass is 412 g/mol. The van der Waals surface area contributed by atoms with E-state index < -0.39 is 28.1 Å². The summed E-state index contributed by atoms with van der Waals surface area (Å²) < 4.78 is 0.803. The summed E-state index contributed by atoms with van der Waals surface area (Å²) in [6.45, 7) is 0. The summed E-state index contributed by atoms with van der Waals surface area (Å²) >= 11 is 9.06. The molecule has 9 heteroatoms. The fourth-order valence-electron chi connectivity index (χ4n) is 2.01. The van der Waals surface area contributed by atoms with Crippen molar-refractivity contribution in [1.82, 2.24) is 0 Å². The van der Waals surface area contributed by atoms with Gasteiger partial charge in [-0.15, -0.1) is 0 Å². The number of carbonyl (C=O) groups excluding carboxylic acids is 1. The maximum absolute atomic E-state index is 12.1. The van der Waals surface area contributed by atoms with E-state index in [1.165, 1.54) is 0 Å². The largest absolute Gasteiger partial charge is 0.478 e. The minimum Gasteiger partial charge on any atom is -0.478 e. The van der Waals surface area contributed by atoms with E-state index in [2.05, 4.69) is 21.2 Å². The highest BCUT2D eigenvalue weighted by Crippen LogP contribution is 2.31. The van der Waals surface area contributed by atoms with Crippen molar-refractivity contribution in [2.75, 3.05) is 5.32 Å². The van der Waals surface area contributed by atoms with Crippen molar-refractivity contribution in [1.29, 1.82) is 0 Å². The van der Waals surface area contributed by atoms with Crippen LogP contribution in [0, 0.1) is 10.1 Å². The highest BCUT2D eigenvalue weighted by Gasteiger charge is 2.21. The molecular weight excluding hydrogens is 404 g/mol. The van der Waals surface area contributed by atoms with Crippen LogP contribution < -0.4 is 5.32 Å². The van der Waals surface area contributed by atoms with Crippen LogP contribution >= 0.6 is 27.5 Å². The Kier molecular flexibility index (Phi) is 5.53. The van der Waals surface area contributed by atoms with Crippen molar-refractivity contribution < 1.29 is 19.6 Å². The maximum Gasteiger partial charge on any atom is 0.338 e. The Morgan fingerprint density at radius 2 is 2.00 bits per heavy atom. The molecule has 2 aromatic rings. The van der Waals surface area contributed by atoms with E-state index in [0.29, 0.717) is 5.56 Å². The van der Waals surface area contributed by atoms with Gasteiger partial charge in [-0.3, -0.25) is 14.9 Å². The van der Waals surface area contributed by atoms with E-state index in [0.717, 1.165) is 16.6 Å². The zero-order valence-electron chi connectivity index (χ0n) is 12.0. The topological polar surface area (TPSA) is 110 Å². The molecule has 0 saturated carbocycles. The van der Waals surface area contributed by atoms with Gasteiger partial charge in [0.15, 0.2) is 0 Å². The van der Waals surface area contributed by atoms with E-state index >= 15 is 0 Å². The Hall–Kier alpha value is -2.45. The van der Waals surface area contributed by atoms with E-state index in [1.54, 1.807) is 24.3 Å². The summed E-state index contributed by atoms with van der Waals surface area (Å²) in [6, 6.07) is 8.94. The lowest BCUT2D eigenvalue weighted by Gasteiger charge is -2.10. The molecule has 0 fully saturated rings. The Labute approximate surface area is 149 Å². The third-order valence-corrected chi connectivity index (χ3v) is 3.84. The number of benzene rings is 2. The molecular formula is C15H10BrClN2O5. The number of nitrogens with zero attached hydrogens (tertiary/aromatic N) is 1. The second kappa shape index (κ2) is 7.41. The predicted molar refractivity (Wildman–Crippen MR) is 91.5 cm³/mol. The van der Waals surface area contributed by atoms with Crippen LogP contribution in [0.2, 0.25) is 5.02 Å². The molecule has 0 spiro atoms. The van der Waals surface area contributed by atoms with Crippen molar-refractivity contribution in [2.45, 2.75) is 6.42 Å². The number of aromatic carboxylic acids is 1. The van der Waals surface area contributed by atoms with Crippen molar-refractivity contribution in [3.63, 3.8) is 0 Å². The van der Waals surface area contributed by atoms with Crippen LogP contribution in [-0.2, 0) is 11.2 Å². The molecule has 24 heavy (non-hydrogen) atoms. The zero-order chi connectivity index (χ0) is 17.9. The number of hydrogen-bond acceptors (Lipinski definition) is 4. The summed E-state index contributed by atoms with van der Waals surface area (Å²) in [5.41, 5.74) is -0.336. The molecule has 2 aromatic carbocycles. The van der Waals surface area contributed by atoms with Crippen LogP contribution in [0.15, 0.2) is 40.9 Å². The first-order valence-electron chi connectivity index (χ1n) is 6.53. The van der Waals surface area contributed by atoms with Gasteiger partial charge in [0.25, 0.3) is 5.69 Å². The van der Waals surface area contributed by atoms with Gasteiger partial charge in [0.2, 0.25) is 5.91 Å². The number of halogens is 2. The molecule has 0 aliphatic rings. The normalized spacial score (nSPS) is 10.2. The van der Waals surface area contributed by atoms with Crippen LogP contribution in [0.3, 0.4) is 0 Å². The Bertz CT molecular complexity index is 841. The molecule has 7 nitrogen and oxygen atoms in total. The van der Waals surface area contributed by atoms with Gasteiger partial charge in [-0.1, -0.05) is 39.7 Å². The SMILES string of the molecule is O=C(Cc1cccc(Br)c1)Nc1cc(Cl)c([N+](=O)[O-])cc1C(=O)O. The highest BCUT2D eigenvalue weighted by molar-refractivity contribution is 9.10. The standard InChI is InChI=1S/C15H10BrClN2O5/c16-9-3-1-2-8(4-9)5-14(20)18-12-7-11(17)13(19(23)24)6-10(12)15(21)22/h1-4,6-7H,5H2,(H,18,20)(H,21,22). The summed E-state index contributed by atoms with van der Waals surface area (Å²) in [4.78, 5) is 33.4. The summed E-state index contributed by atoms with van der Waals surface area (Å²) in [6.07, 6.45) is 0.00705. The second-order valence-electron chi connectivity index (χ2n) is 4.77. The maximum atomic E-state index is 12.1. The first-order valence-corrected chi connectivity index (χ1v) is 7.70. The third kappa shape index (κ3) is 4.30. The van der Waals surface area contributed by atoms with E-state index in [9.17, 15) is 24.8 Å². The number of carboxylic acids is 1. The molecule has 0 saturated heterocycles. The number of nitro groups is 1. The summed E-state index contributed by atoms with van der Waals surface area (Å²) in [5.74, 6) is -1.88. The van der Waals surface area contributed by atoms with E-state index in [1.807, 2.05) is 0 Å². The smallest absolute Gasteiger partial charge is 0.338 e. The molecule has 0 atom stereocenters. The van der Waals surface area contributed by atoms with Gasteiger partial charge in [0, 0.05) is 10.5 Å². The molecule has 0 aliphatic heterocycles. The van der Waals surface area contributed by atoms with Gasteiger partial charge in [0.1, 0.15) is 5.02 Å². The van der Waals surface area contributed by atoms with Gasteiger partial charge in [-0.25, -0.2) is 4.79 Å². The number of nitrogens with one attached hydrogen (secondary N) is 1. The van der Waals surface area contributed by atoms with E-state index in [-0.39, 0.29) is 17.1 Å². The van der Waals surface area contributed by atoms with Gasteiger partial charge in [-0.2, -0.15) is 0 Å². The fourth-order valence-corrected chi connectivity index (χ4v) is 2.69. The minimum atomic E-state index is -1.41. The summed E-state index contributed by atoms with van der Waals surface area (Å²) in [7, 11) is 0. The molecule has 0 radical (unpaired) electrons. The molecule has 1 amide bonds. The molecule has 0 heterocycles. The van der Waals surface area contributed by atoms with Gasteiger partial charge >= 0.3 is 5.97 Å². The van der Waals surface area contributed by atoms with Crippen LogP contribution in [0.4, 0.5) is 11.4 Å². The van der Waals surface area contributed by atoms with Crippen molar-refractivity contribution in [2.24, 2.45) is 0 Å². The average Bonchev–Trinajstić information content (AvgIpc) is 2.46. The number of carbonyl (C=O) groups is 2. The molecule has 2 rings (SSSR count). The van der Waals surface area contributed by atoms with Crippen LogP contribution in [0.25, 0.3) is 0 Å². The zero-order valence-corrected chi connectivity index (χ0v) is 14.3. The molecule has 2 N–H and O–H groups in total. The number of carboxylic acid groups (broad SMARTS) is 1.